The van der Waals surface area contributed by atoms with E-state index in [0.29, 0.717) is 11.3 Å². The zero-order valence-corrected chi connectivity index (χ0v) is 23.5. The van der Waals surface area contributed by atoms with E-state index in [0.717, 1.165) is 10.4 Å². The van der Waals surface area contributed by atoms with Crippen molar-refractivity contribution in [2.45, 2.75) is 25.0 Å². The van der Waals surface area contributed by atoms with E-state index in [-0.39, 0.29) is 56.2 Å². The highest BCUT2D eigenvalue weighted by atomic mass is 32.2. The number of hydrogen-bond donors (Lipinski definition) is 2. The number of halogens is 3. The van der Waals surface area contributed by atoms with Gasteiger partial charge in [0.1, 0.15) is 23.2 Å². The zero-order chi connectivity index (χ0) is 30.9. The largest absolute Gasteiger partial charge is 0.415 e. The molecule has 5 rings (SSSR count). The predicted octanol–water partition coefficient (Wildman–Crippen LogP) is 4.24. The van der Waals surface area contributed by atoms with Crippen LogP contribution in [0.15, 0.2) is 66.7 Å². The third-order valence-electron chi connectivity index (χ3n) is 7.64. The maximum Gasteiger partial charge on any atom is 0.415 e. The molecule has 3 aromatic rings. The van der Waals surface area contributed by atoms with Crippen molar-refractivity contribution in [2.75, 3.05) is 31.1 Å². The molecule has 0 unspecified atom stereocenters. The molecule has 2 N–H and O–H groups in total. The molecule has 0 bridgehead atoms. The molecule has 0 aromatic heterocycles. The Labute approximate surface area is 245 Å². The van der Waals surface area contributed by atoms with Crippen LogP contribution < -0.4 is 9.64 Å². The van der Waals surface area contributed by atoms with Gasteiger partial charge in [0.15, 0.2) is 0 Å². The second-order valence-corrected chi connectivity index (χ2v) is 11.7. The molecule has 2 fully saturated rings. The summed E-state index contributed by atoms with van der Waals surface area (Å²) in [4.78, 5) is 28.4. The van der Waals surface area contributed by atoms with E-state index in [1.807, 2.05) is 0 Å². The first-order valence-electron chi connectivity index (χ1n) is 13.4. The first-order valence-corrected chi connectivity index (χ1v) is 14.8. The third kappa shape index (κ3) is 6.67. The molecule has 3 atom stereocenters. The second-order valence-electron chi connectivity index (χ2n) is 10.3. The summed E-state index contributed by atoms with van der Waals surface area (Å²) in [6.07, 6.45) is -1.51. The van der Waals surface area contributed by atoms with Crippen LogP contribution in [0.3, 0.4) is 0 Å². The molecular weight excluding hydrogens is 591 g/mol. The molecule has 0 radical (unpaired) electrons. The van der Waals surface area contributed by atoms with Gasteiger partial charge in [-0.3, -0.25) is 9.35 Å². The molecule has 0 aliphatic carbocycles. The van der Waals surface area contributed by atoms with Gasteiger partial charge < -0.3 is 19.6 Å². The Morgan fingerprint density at radius 1 is 0.930 bits per heavy atom. The minimum Gasteiger partial charge on any atom is -0.410 e. The summed E-state index contributed by atoms with van der Waals surface area (Å²) in [5.41, 5.74) is 0.939. The molecule has 0 saturated carbocycles. The van der Waals surface area contributed by atoms with Crippen LogP contribution in [0.25, 0.3) is 0 Å². The SMILES string of the molecule is O=C(Oc1ccc([C@@H]2[C@@H](CC[C@H](O)c3ccc(F)cc3)C(=O)N2c2ccc(F)cc2)c(F)c1)N1CCN(S(=O)(=O)O)CC1. The lowest BCUT2D eigenvalue weighted by molar-refractivity contribution is -0.131. The lowest BCUT2D eigenvalue weighted by Gasteiger charge is -2.48. The van der Waals surface area contributed by atoms with Crippen molar-refractivity contribution in [1.29, 1.82) is 0 Å². The molecule has 10 nitrogen and oxygen atoms in total. The van der Waals surface area contributed by atoms with E-state index in [1.165, 1.54) is 70.5 Å². The number of ether oxygens (including phenoxy) is 1. The van der Waals surface area contributed by atoms with E-state index < -0.39 is 51.9 Å². The fraction of sp³-hybridized carbons (Fsp3) is 0.310. The number of piperazine rings is 1. The second kappa shape index (κ2) is 12.3. The van der Waals surface area contributed by atoms with Crippen molar-refractivity contribution in [3.8, 4) is 5.75 Å². The topological polar surface area (TPSA) is 128 Å². The summed E-state index contributed by atoms with van der Waals surface area (Å²) in [6.45, 7) is -0.344. The van der Waals surface area contributed by atoms with Crippen molar-refractivity contribution < 1.29 is 45.6 Å². The normalized spacial score (nSPS) is 20.1. The van der Waals surface area contributed by atoms with E-state index >= 15 is 4.39 Å². The Kier molecular flexibility index (Phi) is 8.74. The molecule has 14 heteroatoms. The highest BCUT2D eigenvalue weighted by molar-refractivity contribution is 7.83. The maximum atomic E-state index is 15.6. The molecule has 228 valence electrons. The number of carbonyl (C=O) groups is 2. The first-order chi connectivity index (χ1) is 20.4. The number of anilines is 1. The van der Waals surface area contributed by atoms with Gasteiger partial charge in [-0.15, -0.1) is 0 Å². The fourth-order valence-corrected chi connectivity index (χ4v) is 5.97. The number of benzene rings is 3. The van der Waals surface area contributed by atoms with Gasteiger partial charge in [0.25, 0.3) is 0 Å². The van der Waals surface area contributed by atoms with Crippen molar-refractivity contribution in [3.63, 3.8) is 0 Å². The van der Waals surface area contributed by atoms with E-state index in [2.05, 4.69) is 0 Å². The van der Waals surface area contributed by atoms with Crippen LogP contribution >= 0.6 is 0 Å². The number of nitrogens with zero attached hydrogens (tertiary/aromatic N) is 3. The zero-order valence-electron chi connectivity index (χ0n) is 22.6. The molecule has 3 aromatic carbocycles. The minimum atomic E-state index is -4.38. The van der Waals surface area contributed by atoms with Gasteiger partial charge in [0, 0.05) is 43.5 Å². The molecule has 2 amide bonds. The quantitative estimate of drug-likeness (QED) is 0.285. The molecule has 2 aliphatic rings. The number of β-lactam (4-membered cyclic amide) rings is 1. The van der Waals surface area contributed by atoms with Crippen molar-refractivity contribution >= 4 is 28.0 Å². The lowest BCUT2D eigenvalue weighted by Crippen LogP contribution is -2.55. The number of amides is 2. The predicted molar refractivity (Wildman–Crippen MR) is 148 cm³/mol. The van der Waals surface area contributed by atoms with Crippen LogP contribution in [0, 0.1) is 23.4 Å². The number of carbonyl (C=O) groups excluding carboxylic acids is 2. The maximum absolute atomic E-state index is 15.6. The van der Waals surface area contributed by atoms with Crippen molar-refractivity contribution in [1.82, 2.24) is 9.21 Å². The summed E-state index contributed by atoms with van der Waals surface area (Å²) in [5, 5.41) is 10.6. The number of rotatable bonds is 8. The Morgan fingerprint density at radius 3 is 2.12 bits per heavy atom. The van der Waals surface area contributed by atoms with Gasteiger partial charge >= 0.3 is 16.4 Å². The van der Waals surface area contributed by atoms with Gasteiger partial charge in [-0.1, -0.05) is 18.2 Å². The van der Waals surface area contributed by atoms with Crippen LogP contribution in [-0.2, 0) is 15.1 Å². The average molecular weight is 620 g/mol. The molecule has 2 heterocycles. The Balaban J connectivity index is 1.32. The first kappa shape index (κ1) is 30.5. The molecule has 2 aliphatic heterocycles. The van der Waals surface area contributed by atoms with Crippen molar-refractivity contribution in [2.24, 2.45) is 5.92 Å². The number of hydrogen-bond acceptors (Lipinski definition) is 6. The Morgan fingerprint density at radius 2 is 1.53 bits per heavy atom. The van der Waals surface area contributed by atoms with Crippen molar-refractivity contribution in [3.05, 3.63) is 95.3 Å². The van der Waals surface area contributed by atoms with Crippen LogP contribution in [0.1, 0.15) is 36.1 Å². The summed E-state index contributed by atoms with van der Waals surface area (Å²) in [7, 11) is -4.38. The standard InChI is InChI=1S/C29H28F3N3O7S/c30-19-3-1-18(2-4-19)26(36)12-11-24-27(35(28(24)37)21-7-5-20(31)6-8-21)23-10-9-22(17-25(23)32)42-29(38)33-13-15-34(16-14-33)43(39,40)41/h1-10,17,24,26-27,36H,11-16H2,(H,39,40,41)/t24-,26+,27-/m1/s1. The fourth-order valence-electron chi connectivity index (χ4n) is 5.34. The van der Waals surface area contributed by atoms with Gasteiger partial charge in [0.2, 0.25) is 5.91 Å². The number of aliphatic hydroxyl groups excluding tert-OH is 1. The van der Waals surface area contributed by atoms with Crippen LogP contribution in [0.5, 0.6) is 5.75 Å². The monoisotopic (exact) mass is 619 g/mol. The van der Waals surface area contributed by atoms with E-state index in [4.69, 9.17) is 9.29 Å². The van der Waals surface area contributed by atoms with Crippen LogP contribution in [-0.4, -0.2) is 65.5 Å². The van der Waals surface area contributed by atoms with Gasteiger partial charge in [-0.2, -0.15) is 12.7 Å². The smallest absolute Gasteiger partial charge is 0.410 e. The van der Waals surface area contributed by atoms with E-state index in [9.17, 15) is 31.9 Å². The molecule has 0 spiro atoms. The molecule has 2 saturated heterocycles. The molecule has 43 heavy (non-hydrogen) atoms. The van der Waals surface area contributed by atoms with Gasteiger partial charge in [-0.05, 0) is 60.9 Å². The number of aliphatic hydroxyl groups is 1. The van der Waals surface area contributed by atoms with E-state index in [1.54, 1.807) is 0 Å². The summed E-state index contributed by atoms with van der Waals surface area (Å²) < 4.78 is 80.2. The van der Waals surface area contributed by atoms with Crippen LogP contribution in [0.2, 0.25) is 0 Å². The summed E-state index contributed by atoms with van der Waals surface area (Å²) in [5.74, 6) is -2.93. The van der Waals surface area contributed by atoms with Gasteiger partial charge in [-0.25, -0.2) is 18.0 Å². The highest BCUT2D eigenvalue weighted by Gasteiger charge is 2.49. The minimum absolute atomic E-state index is 0.0402. The average Bonchev–Trinajstić information content (AvgIpc) is 2.97. The molecular formula is C29H28F3N3O7S. The Hall–Kier alpha value is -3.98. The van der Waals surface area contributed by atoms with Crippen LogP contribution in [0.4, 0.5) is 23.7 Å². The Bertz CT molecular complexity index is 1600. The van der Waals surface area contributed by atoms with Gasteiger partial charge in [0.05, 0.1) is 18.1 Å². The summed E-state index contributed by atoms with van der Waals surface area (Å²) in [6, 6.07) is 13.4. The highest BCUT2D eigenvalue weighted by Crippen LogP contribution is 2.47. The summed E-state index contributed by atoms with van der Waals surface area (Å²) >= 11 is 0. The lowest BCUT2D eigenvalue weighted by atomic mass is 9.78. The third-order valence-corrected chi connectivity index (χ3v) is 8.66.